The minimum atomic E-state index is -0.407. The molecule has 0 aromatic heterocycles. The Balaban J connectivity index is 0. The van der Waals surface area contributed by atoms with Gasteiger partial charge in [-0.1, -0.05) is 0 Å². The van der Waals surface area contributed by atoms with Gasteiger partial charge >= 0.3 is 0 Å². The van der Waals surface area contributed by atoms with Gasteiger partial charge in [0.15, 0.2) is 0 Å². The van der Waals surface area contributed by atoms with Crippen molar-refractivity contribution in [3.63, 3.8) is 0 Å². The summed E-state index contributed by atoms with van der Waals surface area (Å²) in [6.45, 7) is 0. The zero-order valence-corrected chi connectivity index (χ0v) is 5.31. The largest absolute Gasteiger partial charge is 0 e. The molecule has 23 valence electrons. The third-order valence-corrected chi connectivity index (χ3v) is 0.333. The Morgan fingerprint density at radius 1 is 1.29 bits per heavy atom. The van der Waals surface area contributed by atoms with Crippen LogP contribution >= 0.6 is 0 Å². The van der Waals surface area contributed by atoms with E-state index in [0.717, 1.165) is 0 Å². The molecule has 0 bridgehead atoms. The quantitative estimate of drug-likeness (QED) is 0.356. The molecular formula is B6V. The number of hydrogen-bond donors (Lipinski definition) is 0. The van der Waals surface area contributed by atoms with Crippen LogP contribution in [0.1, 0.15) is 0 Å². The van der Waals surface area contributed by atoms with Gasteiger partial charge in [-0.2, -0.15) is 0 Å². The number of rotatable bonds is 2. The van der Waals surface area contributed by atoms with Gasteiger partial charge in [-0.15, -0.1) is 0 Å². The standard InChI is InChI=1S/B6.V/c1-4-5-6(2)3;. The first-order valence-corrected chi connectivity index (χ1v) is 1.67. The van der Waals surface area contributed by atoms with Crippen molar-refractivity contribution in [2.24, 2.45) is 0 Å². The van der Waals surface area contributed by atoms with E-state index in [1.54, 1.807) is 0 Å². The summed E-state index contributed by atoms with van der Waals surface area (Å²) in [6, 6.07) is 0. The Bertz CT molecular complexity index is 25.4. The maximum absolute atomic E-state index is 5.01. The van der Waals surface area contributed by atoms with Gasteiger partial charge in [0.05, 0.1) is 0 Å². The van der Waals surface area contributed by atoms with Crippen LogP contribution in [0.3, 0.4) is 0 Å². The van der Waals surface area contributed by atoms with E-state index in [-0.39, 0.29) is 18.6 Å². The smallest absolute Gasteiger partial charge is 0 e. The van der Waals surface area contributed by atoms with Crippen molar-refractivity contribution in [2.45, 2.75) is 0 Å². The second kappa shape index (κ2) is 6.97. The second-order valence-corrected chi connectivity index (χ2v) is 0.962. The molecule has 0 aromatic rings. The Morgan fingerprint density at radius 2 is 1.71 bits per heavy atom. The first kappa shape index (κ1) is 10.9. The maximum Gasteiger partial charge on any atom is 0 e. The molecule has 9 radical (unpaired) electrons. The summed E-state index contributed by atoms with van der Waals surface area (Å²) in [7, 11) is 17.7. The molecule has 0 heterocycles. The minimum absolute atomic E-state index is 0. The normalized spacial score (nSPS) is 5.71. The summed E-state index contributed by atoms with van der Waals surface area (Å²) < 4.78 is 0. The fourth-order valence-electron chi connectivity index (χ4n) is 0.128. The fraction of sp³-hybridized carbons (Fsp3) is 0. The minimum Gasteiger partial charge on any atom is 0 e. The molecule has 0 aliphatic heterocycles. The molecule has 0 saturated heterocycles. The zero-order chi connectivity index (χ0) is 4.99. The van der Waals surface area contributed by atoms with Gasteiger partial charge in [-0.05, 0) is 0 Å². The second-order valence-electron chi connectivity index (χ2n) is 0.962. The molecule has 7 heavy (non-hydrogen) atoms. The molecule has 0 aromatic carbocycles. The van der Waals surface area contributed by atoms with E-state index in [0.29, 0.717) is 0 Å². The van der Waals surface area contributed by atoms with Gasteiger partial charge < -0.3 is 0 Å². The van der Waals surface area contributed by atoms with Crippen LogP contribution in [0.2, 0.25) is 0 Å². The van der Waals surface area contributed by atoms with Crippen LogP contribution in [0.15, 0.2) is 0 Å². The molecular weight excluding hydrogens is 116 g/mol. The average molecular weight is 116 g/mol. The van der Waals surface area contributed by atoms with E-state index in [1.807, 2.05) is 0 Å². The summed E-state index contributed by atoms with van der Waals surface area (Å²) in [6.07, 6.45) is -0.407. The summed E-state index contributed by atoms with van der Waals surface area (Å²) in [5.74, 6) is 0. The van der Waals surface area contributed by atoms with Crippen LogP contribution in [0.25, 0.3) is 0 Å². The SMILES string of the molecule is [B][B][B]B([B])[B].[V]. The van der Waals surface area contributed by atoms with Gasteiger partial charge in [0.2, 0.25) is 0 Å². The van der Waals surface area contributed by atoms with Crippen molar-refractivity contribution < 1.29 is 18.6 Å². The van der Waals surface area contributed by atoms with Crippen molar-refractivity contribution in [3.05, 3.63) is 0 Å². The van der Waals surface area contributed by atoms with E-state index in [2.05, 4.69) is 0 Å². The summed E-state index contributed by atoms with van der Waals surface area (Å²) >= 11 is 0. The molecule has 0 atom stereocenters. The third-order valence-electron chi connectivity index (χ3n) is 0.333. The zero-order valence-electron chi connectivity index (χ0n) is 3.91. The van der Waals surface area contributed by atoms with E-state index in [1.165, 1.54) is 14.1 Å². The Labute approximate surface area is 62.5 Å². The maximum atomic E-state index is 5.01. The van der Waals surface area contributed by atoms with Gasteiger partial charge in [-0.25, -0.2) is 0 Å². The van der Waals surface area contributed by atoms with Crippen molar-refractivity contribution >= 4 is 43.7 Å². The average Bonchev–Trinajstić information content (AvgIpc) is 1.35. The third kappa shape index (κ3) is 10.9. The van der Waals surface area contributed by atoms with Crippen LogP contribution in [0, 0.1) is 0 Å². The fourth-order valence-corrected chi connectivity index (χ4v) is 0.128. The summed E-state index contributed by atoms with van der Waals surface area (Å²) in [4.78, 5) is 0. The predicted octanol–water partition coefficient (Wildman–Crippen LogP) is -2.29. The topological polar surface area (TPSA) is 0 Å². The molecule has 7 heteroatoms. The molecule has 0 nitrogen and oxygen atoms in total. The van der Waals surface area contributed by atoms with Crippen LogP contribution in [-0.4, -0.2) is 43.7 Å². The molecule has 0 fully saturated rings. The van der Waals surface area contributed by atoms with Crippen molar-refractivity contribution in [2.75, 3.05) is 0 Å². The van der Waals surface area contributed by atoms with Crippen LogP contribution < -0.4 is 0 Å². The van der Waals surface area contributed by atoms with Crippen molar-refractivity contribution in [1.82, 2.24) is 0 Å². The molecule has 0 amide bonds. The Kier molecular flexibility index (Phi) is 10.8. The molecule has 0 unspecified atom stereocenters. The predicted molar refractivity (Wildman–Crippen MR) is 34.5 cm³/mol. The Morgan fingerprint density at radius 3 is 1.71 bits per heavy atom. The van der Waals surface area contributed by atoms with E-state index in [9.17, 15) is 0 Å². The molecule has 0 N–H and O–H groups in total. The van der Waals surface area contributed by atoms with E-state index < -0.39 is 6.39 Å². The summed E-state index contributed by atoms with van der Waals surface area (Å²) in [5, 5.41) is 0. The van der Waals surface area contributed by atoms with Gasteiger partial charge in [0.25, 0.3) is 0 Å². The van der Waals surface area contributed by atoms with Gasteiger partial charge in [0, 0.05) is 62.3 Å². The van der Waals surface area contributed by atoms with Gasteiger partial charge in [-0.3, -0.25) is 0 Å². The van der Waals surface area contributed by atoms with Crippen LogP contribution in [-0.2, 0) is 18.6 Å². The Hall–Kier alpha value is 0.974. The van der Waals surface area contributed by atoms with Crippen molar-refractivity contribution in [1.29, 1.82) is 0 Å². The molecule has 0 aliphatic rings. The van der Waals surface area contributed by atoms with Gasteiger partial charge in [0.1, 0.15) is 0 Å². The molecule has 0 rings (SSSR count). The molecule has 0 saturated carbocycles. The first-order chi connectivity index (χ1) is 2.77. The molecule has 0 aliphatic carbocycles. The van der Waals surface area contributed by atoms with Crippen LogP contribution in [0.4, 0.5) is 0 Å². The monoisotopic (exact) mass is 117 g/mol. The van der Waals surface area contributed by atoms with E-state index in [4.69, 9.17) is 23.2 Å². The first-order valence-electron chi connectivity index (χ1n) is 1.67. The summed E-state index contributed by atoms with van der Waals surface area (Å²) in [5.41, 5.74) is 0. The number of hydrogen-bond acceptors (Lipinski definition) is 0. The van der Waals surface area contributed by atoms with Crippen LogP contribution in [0.5, 0.6) is 0 Å². The molecule has 0 spiro atoms. The van der Waals surface area contributed by atoms with E-state index >= 15 is 0 Å². The van der Waals surface area contributed by atoms with Crippen molar-refractivity contribution in [3.8, 4) is 0 Å².